The summed E-state index contributed by atoms with van der Waals surface area (Å²) in [5, 5.41) is 5.87. The Morgan fingerprint density at radius 1 is 1.13 bits per heavy atom. The molecule has 168 valence electrons. The largest absolute Gasteiger partial charge is 0.370 e. The SMILES string of the molecule is C[C@H]1CC(C)(C)C[C@]2(C1)NC(=O)N(CC(=O)Nc1ccccc1N1CCCCC1)C2=O. The maximum Gasteiger partial charge on any atom is 0.325 e. The molecule has 2 heterocycles. The van der Waals surface area contributed by atoms with Crippen molar-refractivity contribution >= 4 is 29.2 Å². The van der Waals surface area contributed by atoms with Crippen molar-refractivity contribution in [2.75, 3.05) is 29.9 Å². The van der Waals surface area contributed by atoms with Crippen molar-refractivity contribution in [3.8, 4) is 0 Å². The molecule has 3 aliphatic rings. The Morgan fingerprint density at radius 3 is 2.55 bits per heavy atom. The van der Waals surface area contributed by atoms with Gasteiger partial charge >= 0.3 is 6.03 Å². The van der Waals surface area contributed by atoms with E-state index in [0.29, 0.717) is 18.8 Å². The van der Waals surface area contributed by atoms with Crippen LogP contribution in [0.2, 0.25) is 0 Å². The molecule has 0 bridgehead atoms. The Kier molecular flexibility index (Phi) is 5.71. The molecule has 0 unspecified atom stereocenters. The van der Waals surface area contributed by atoms with E-state index in [1.165, 1.54) is 6.42 Å². The second-order valence-electron chi connectivity index (χ2n) is 10.4. The first kappa shape index (κ1) is 21.7. The lowest BCUT2D eigenvalue weighted by Gasteiger charge is -2.43. The number of amides is 4. The zero-order chi connectivity index (χ0) is 22.2. The van der Waals surface area contributed by atoms with Crippen LogP contribution in [0.4, 0.5) is 16.2 Å². The number of anilines is 2. The molecule has 7 nitrogen and oxygen atoms in total. The Bertz CT molecular complexity index is 877. The summed E-state index contributed by atoms with van der Waals surface area (Å²) in [5.74, 6) is -0.289. The molecule has 7 heteroatoms. The van der Waals surface area contributed by atoms with Gasteiger partial charge in [0.2, 0.25) is 5.91 Å². The van der Waals surface area contributed by atoms with Crippen LogP contribution in [0.1, 0.15) is 59.3 Å². The van der Waals surface area contributed by atoms with Crippen LogP contribution in [0.3, 0.4) is 0 Å². The lowest BCUT2D eigenvalue weighted by Crippen LogP contribution is -2.54. The van der Waals surface area contributed by atoms with Gasteiger partial charge in [0.25, 0.3) is 5.91 Å². The minimum atomic E-state index is -0.885. The highest BCUT2D eigenvalue weighted by molar-refractivity contribution is 6.10. The van der Waals surface area contributed by atoms with Gasteiger partial charge in [-0.15, -0.1) is 0 Å². The molecule has 1 saturated carbocycles. The molecule has 0 radical (unpaired) electrons. The first-order valence-corrected chi connectivity index (χ1v) is 11.5. The van der Waals surface area contributed by atoms with Gasteiger partial charge in [-0.25, -0.2) is 4.79 Å². The van der Waals surface area contributed by atoms with Crippen molar-refractivity contribution in [3.63, 3.8) is 0 Å². The molecule has 1 aliphatic carbocycles. The molecule has 2 N–H and O–H groups in total. The number of nitrogens with one attached hydrogen (secondary N) is 2. The van der Waals surface area contributed by atoms with Crippen molar-refractivity contribution in [1.29, 1.82) is 0 Å². The van der Waals surface area contributed by atoms with Crippen molar-refractivity contribution in [3.05, 3.63) is 24.3 Å². The number of hydrogen-bond donors (Lipinski definition) is 2. The Morgan fingerprint density at radius 2 is 1.84 bits per heavy atom. The molecular formula is C24H34N4O3. The summed E-state index contributed by atoms with van der Waals surface area (Å²) in [7, 11) is 0. The Hall–Kier alpha value is -2.57. The van der Waals surface area contributed by atoms with Crippen molar-refractivity contribution in [2.45, 2.75) is 64.8 Å². The molecule has 2 atom stereocenters. The fourth-order valence-corrected chi connectivity index (χ4v) is 5.97. The van der Waals surface area contributed by atoms with Gasteiger partial charge in [0, 0.05) is 13.1 Å². The summed E-state index contributed by atoms with van der Waals surface area (Å²) in [6, 6.07) is 7.27. The summed E-state index contributed by atoms with van der Waals surface area (Å²) in [5.41, 5.74) is 0.798. The highest BCUT2D eigenvalue weighted by Crippen LogP contribution is 2.46. The average molecular weight is 427 g/mol. The van der Waals surface area contributed by atoms with Gasteiger partial charge in [-0.3, -0.25) is 14.5 Å². The summed E-state index contributed by atoms with van der Waals surface area (Å²) in [6.07, 6.45) is 5.75. The van der Waals surface area contributed by atoms with Gasteiger partial charge in [-0.05, 0) is 62.0 Å². The van der Waals surface area contributed by atoms with Crippen LogP contribution in [0.15, 0.2) is 24.3 Å². The monoisotopic (exact) mass is 426 g/mol. The molecule has 4 amide bonds. The van der Waals surface area contributed by atoms with Crippen LogP contribution in [0.5, 0.6) is 0 Å². The third-order valence-corrected chi connectivity index (χ3v) is 6.80. The van der Waals surface area contributed by atoms with E-state index in [4.69, 9.17) is 0 Å². The molecular weight excluding hydrogens is 392 g/mol. The van der Waals surface area contributed by atoms with Crippen molar-refractivity contribution in [2.24, 2.45) is 11.3 Å². The summed E-state index contributed by atoms with van der Waals surface area (Å²) < 4.78 is 0. The smallest absolute Gasteiger partial charge is 0.325 e. The molecule has 2 aliphatic heterocycles. The van der Waals surface area contributed by atoms with E-state index in [1.807, 2.05) is 24.3 Å². The summed E-state index contributed by atoms with van der Waals surface area (Å²) in [4.78, 5) is 42.2. The summed E-state index contributed by atoms with van der Waals surface area (Å²) >= 11 is 0. The molecule has 2 saturated heterocycles. The summed E-state index contributed by atoms with van der Waals surface area (Å²) in [6.45, 7) is 8.06. The van der Waals surface area contributed by atoms with Crippen LogP contribution in [0.25, 0.3) is 0 Å². The zero-order valence-corrected chi connectivity index (χ0v) is 18.9. The van der Waals surface area contributed by atoms with Gasteiger partial charge in [-0.2, -0.15) is 0 Å². The van der Waals surface area contributed by atoms with Crippen molar-refractivity contribution < 1.29 is 14.4 Å². The molecule has 31 heavy (non-hydrogen) atoms. The van der Waals surface area contributed by atoms with Gasteiger partial charge in [0.15, 0.2) is 0 Å². The second-order valence-corrected chi connectivity index (χ2v) is 10.4. The predicted molar refractivity (Wildman–Crippen MR) is 121 cm³/mol. The maximum absolute atomic E-state index is 13.3. The number of carbonyl (C=O) groups is 3. The number of urea groups is 1. The number of hydrogen-bond acceptors (Lipinski definition) is 4. The minimum Gasteiger partial charge on any atom is -0.370 e. The van der Waals surface area contributed by atoms with E-state index < -0.39 is 11.6 Å². The fraction of sp³-hybridized carbons (Fsp3) is 0.625. The fourth-order valence-electron chi connectivity index (χ4n) is 5.97. The Balaban J connectivity index is 1.46. The second kappa shape index (κ2) is 8.17. The van der Waals surface area contributed by atoms with Gasteiger partial charge in [0.05, 0.1) is 11.4 Å². The predicted octanol–water partition coefficient (Wildman–Crippen LogP) is 3.75. The van der Waals surface area contributed by atoms with E-state index in [0.717, 1.165) is 48.6 Å². The standard InChI is InChI=1S/C24H34N4O3/c1-17-13-23(2,3)16-24(14-17)21(30)28(22(31)26-24)15-20(29)25-18-9-5-6-10-19(18)27-11-7-4-8-12-27/h5-6,9-10,17H,4,7-8,11-16H2,1-3H3,(H,25,29)(H,26,31)/t17-,24-/m0/s1. The van der Waals surface area contributed by atoms with Crippen LogP contribution >= 0.6 is 0 Å². The molecule has 3 fully saturated rings. The van der Waals surface area contributed by atoms with Crippen LogP contribution in [-0.2, 0) is 9.59 Å². The average Bonchev–Trinajstić information content (AvgIpc) is 2.90. The molecule has 4 rings (SSSR count). The zero-order valence-electron chi connectivity index (χ0n) is 18.9. The first-order valence-electron chi connectivity index (χ1n) is 11.5. The van der Waals surface area contributed by atoms with Crippen molar-refractivity contribution in [1.82, 2.24) is 10.2 Å². The topological polar surface area (TPSA) is 81.8 Å². The van der Waals surface area contributed by atoms with E-state index in [1.54, 1.807) is 0 Å². The van der Waals surface area contributed by atoms with E-state index >= 15 is 0 Å². The number of carbonyl (C=O) groups excluding carboxylic acids is 3. The van der Waals surface area contributed by atoms with Gasteiger partial charge in [-0.1, -0.05) is 32.9 Å². The highest BCUT2D eigenvalue weighted by atomic mass is 16.2. The maximum atomic E-state index is 13.3. The van der Waals surface area contributed by atoms with Crippen LogP contribution in [-0.4, -0.2) is 47.9 Å². The minimum absolute atomic E-state index is 0.0355. The number of benzene rings is 1. The number of piperidine rings is 1. The normalized spacial score (nSPS) is 28.0. The Labute approximate surface area is 184 Å². The van der Waals surface area contributed by atoms with E-state index in [9.17, 15) is 14.4 Å². The highest BCUT2D eigenvalue weighted by Gasteiger charge is 2.56. The van der Waals surface area contributed by atoms with Crippen LogP contribution in [0, 0.1) is 11.3 Å². The lowest BCUT2D eigenvalue weighted by molar-refractivity contribution is -0.136. The number of rotatable bonds is 4. The van der Waals surface area contributed by atoms with Gasteiger partial charge < -0.3 is 15.5 Å². The third-order valence-electron chi connectivity index (χ3n) is 6.80. The number of para-hydroxylation sites is 2. The molecule has 0 aromatic heterocycles. The quantitative estimate of drug-likeness (QED) is 0.719. The van der Waals surface area contributed by atoms with E-state index in [-0.39, 0.29) is 23.8 Å². The van der Waals surface area contributed by atoms with Gasteiger partial charge in [0.1, 0.15) is 12.1 Å². The number of nitrogens with zero attached hydrogens (tertiary/aromatic N) is 2. The van der Waals surface area contributed by atoms with E-state index in [2.05, 4.69) is 36.3 Å². The van der Waals surface area contributed by atoms with Crippen LogP contribution < -0.4 is 15.5 Å². The molecule has 1 aromatic carbocycles. The third kappa shape index (κ3) is 4.41. The first-order chi connectivity index (χ1) is 14.7. The number of imide groups is 1. The lowest BCUT2D eigenvalue weighted by atomic mass is 9.64. The molecule has 1 aromatic rings. The molecule has 1 spiro atoms.